The minimum atomic E-state index is -0.995. The molecular weight excluding hydrogens is 268 g/mol. The molecule has 1 heterocycles. The molecule has 5 heteroatoms. The number of carbonyl (C=O) groups excluding carboxylic acids is 1. The molecule has 3 N–H and O–H groups in total. The Morgan fingerprint density at radius 3 is 2.81 bits per heavy atom. The van der Waals surface area contributed by atoms with E-state index in [9.17, 15) is 9.59 Å². The van der Waals surface area contributed by atoms with Gasteiger partial charge in [0, 0.05) is 16.9 Å². The fourth-order valence-corrected chi connectivity index (χ4v) is 2.43. The van der Waals surface area contributed by atoms with E-state index in [0.29, 0.717) is 5.69 Å². The van der Waals surface area contributed by atoms with Gasteiger partial charge in [0.25, 0.3) is 5.91 Å². The lowest BCUT2D eigenvalue weighted by Crippen LogP contribution is -2.19. The highest BCUT2D eigenvalue weighted by molar-refractivity contribution is 6.04. The van der Waals surface area contributed by atoms with E-state index in [1.165, 1.54) is 12.1 Å². The van der Waals surface area contributed by atoms with Crippen molar-refractivity contribution in [2.45, 2.75) is 13.0 Å². The summed E-state index contributed by atoms with van der Waals surface area (Å²) in [4.78, 5) is 23.1. The van der Waals surface area contributed by atoms with Gasteiger partial charge in [-0.1, -0.05) is 23.8 Å². The van der Waals surface area contributed by atoms with Crippen LogP contribution in [0.5, 0.6) is 0 Å². The Labute approximate surface area is 121 Å². The number of aromatic carboxylic acids is 1. The van der Waals surface area contributed by atoms with Crippen molar-refractivity contribution in [3.63, 3.8) is 0 Å². The molecule has 0 saturated heterocycles. The van der Waals surface area contributed by atoms with Crippen LogP contribution in [-0.4, -0.2) is 17.0 Å². The number of carboxylic acid groups (broad SMARTS) is 1. The quantitative estimate of drug-likeness (QED) is 0.809. The zero-order valence-electron chi connectivity index (χ0n) is 11.4. The zero-order chi connectivity index (χ0) is 15.0. The van der Waals surface area contributed by atoms with Gasteiger partial charge >= 0.3 is 5.97 Å². The highest BCUT2D eigenvalue weighted by Gasteiger charge is 2.30. The molecule has 0 aromatic heterocycles. The van der Waals surface area contributed by atoms with Crippen LogP contribution in [0.2, 0.25) is 0 Å². The van der Waals surface area contributed by atoms with Crippen molar-refractivity contribution in [3.05, 3.63) is 59.2 Å². The van der Waals surface area contributed by atoms with Gasteiger partial charge in [0.2, 0.25) is 0 Å². The van der Waals surface area contributed by atoms with Crippen molar-refractivity contribution in [1.82, 2.24) is 0 Å². The van der Waals surface area contributed by atoms with Crippen LogP contribution in [0, 0.1) is 6.92 Å². The van der Waals surface area contributed by atoms with Crippen LogP contribution >= 0.6 is 0 Å². The molecule has 1 unspecified atom stereocenters. The smallest absolute Gasteiger partial charge is 0.335 e. The monoisotopic (exact) mass is 282 g/mol. The summed E-state index contributed by atoms with van der Waals surface area (Å²) in [6, 6.07) is 11.7. The van der Waals surface area contributed by atoms with Crippen molar-refractivity contribution in [3.8, 4) is 0 Å². The van der Waals surface area contributed by atoms with Crippen LogP contribution < -0.4 is 10.6 Å². The Hall–Kier alpha value is -2.82. The first-order chi connectivity index (χ1) is 10.0. The third-order valence-electron chi connectivity index (χ3n) is 3.46. The first kappa shape index (κ1) is 13.2. The fraction of sp³-hybridized carbons (Fsp3) is 0.125. The van der Waals surface area contributed by atoms with Crippen LogP contribution in [0.3, 0.4) is 0 Å². The maximum Gasteiger partial charge on any atom is 0.335 e. The third kappa shape index (κ3) is 2.45. The number of nitrogens with one attached hydrogen (secondary N) is 2. The Bertz CT molecular complexity index is 740. The summed E-state index contributed by atoms with van der Waals surface area (Å²) >= 11 is 0. The zero-order valence-corrected chi connectivity index (χ0v) is 11.4. The van der Waals surface area contributed by atoms with Crippen molar-refractivity contribution in [2.24, 2.45) is 0 Å². The van der Waals surface area contributed by atoms with E-state index in [-0.39, 0.29) is 11.5 Å². The molecule has 0 bridgehead atoms. The van der Waals surface area contributed by atoms with Gasteiger partial charge in [-0.15, -0.1) is 0 Å². The van der Waals surface area contributed by atoms with Gasteiger partial charge in [0.15, 0.2) is 0 Å². The van der Waals surface area contributed by atoms with E-state index in [1.54, 1.807) is 12.1 Å². The summed E-state index contributed by atoms with van der Waals surface area (Å²) in [7, 11) is 0. The summed E-state index contributed by atoms with van der Waals surface area (Å²) in [6.45, 7) is 1.96. The number of hydrogen-bond donors (Lipinski definition) is 3. The van der Waals surface area contributed by atoms with Gasteiger partial charge < -0.3 is 15.7 Å². The van der Waals surface area contributed by atoms with Gasteiger partial charge in [-0.3, -0.25) is 4.79 Å². The van der Waals surface area contributed by atoms with E-state index in [2.05, 4.69) is 10.6 Å². The largest absolute Gasteiger partial charge is 0.478 e. The molecule has 5 nitrogen and oxygen atoms in total. The second kappa shape index (κ2) is 4.94. The number of benzene rings is 2. The maximum atomic E-state index is 12.1. The Morgan fingerprint density at radius 1 is 1.24 bits per heavy atom. The summed E-state index contributed by atoms with van der Waals surface area (Å²) in [5.41, 5.74) is 3.52. The van der Waals surface area contributed by atoms with Gasteiger partial charge in [0.1, 0.15) is 6.04 Å². The summed E-state index contributed by atoms with van der Waals surface area (Å²) in [5, 5.41) is 14.9. The molecule has 21 heavy (non-hydrogen) atoms. The average Bonchev–Trinajstić information content (AvgIpc) is 2.75. The lowest BCUT2D eigenvalue weighted by atomic mass is 10.0. The molecule has 0 aliphatic carbocycles. The van der Waals surface area contributed by atoms with Gasteiger partial charge in [0.05, 0.1) is 5.56 Å². The number of carbonyl (C=O) groups is 2. The Morgan fingerprint density at radius 2 is 2.05 bits per heavy atom. The number of rotatable bonds is 3. The highest BCUT2D eigenvalue weighted by Crippen LogP contribution is 2.33. The number of anilines is 2. The van der Waals surface area contributed by atoms with Crippen LogP contribution in [-0.2, 0) is 4.79 Å². The Balaban J connectivity index is 1.92. The predicted octanol–water partition coefficient (Wildman–Crippen LogP) is 2.80. The van der Waals surface area contributed by atoms with Crippen LogP contribution in [0.4, 0.5) is 11.4 Å². The van der Waals surface area contributed by atoms with E-state index < -0.39 is 12.0 Å². The molecule has 106 valence electrons. The van der Waals surface area contributed by atoms with E-state index >= 15 is 0 Å². The fourth-order valence-electron chi connectivity index (χ4n) is 2.43. The lowest BCUT2D eigenvalue weighted by Gasteiger charge is -2.13. The summed E-state index contributed by atoms with van der Waals surface area (Å²) in [6.07, 6.45) is 0. The SMILES string of the molecule is Cc1ccc2c(c1)C(Nc1cccc(C(=O)O)c1)C(=O)N2. The van der Waals surface area contributed by atoms with E-state index in [0.717, 1.165) is 16.8 Å². The first-order valence-corrected chi connectivity index (χ1v) is 6.56. The molecule has 3 rings (SSSR count). The molecular formula is C16H14N2O3. The van der Waals surface area contributed by atoms with E-state index in [4.69, 9.17) is 5.11 Å². The number of aryl methyl sites for hydroxylation is 1. The van der Waals surface area contributed by atoms with E-state index in [1.807, 2.05) is 25.1 Å². The molecule has 1 amide bonds. The third-order valence-corrected chi connectivity index (χ3v) is 3.46. The predicted molar refractivity (Wildman–Crippen MR) is 79.6 cm³/mol. The standard InChI is InChI=1S/C16H14N2O3/c1-9-5-6-13-12(7-9)14(15(19)18-13)17-11-4-2-3-10(8-11)16(20)21/h2-8,14,17H,1H3,(H,18,19)(H,20,21). The minimum Gasteiger partial charge on any atom is -0.478 e. The molecule has 0 saturated carbocycles. The number of fused-ring (bicyclic) bond motifs is 1. The molecule has 0 radical (unpaired) electrons. The van der Waals surface area contributed by atoms with Gasteiger partial charge in [-0.2, -0.15) is 0 Å². The highest BCUT2D eigenvalue weighted by atomic mass is 16.4. The minimum absolute atomic E-state index is 0.142. The number of carboxylic acids is 1. The second-order valence-corrected chi connectivity index (χ2v) is 5.04. The number of amides is 1. The molecule has 1 atom stereocenters. The second-order valence-electron chi connectivity index (χ2n) is 5.04. The summed E-state index contributed by atoms with van der Waals surface area (Å²) < 4.78 is 0. The van der Waals surface area contributed by atoms with Crippen LogP contribution in [0.25, 0.3) is 0 Å². The molecule has 1 aliphatic heterocycles. The van der Waals surface area contributed by atoms with Crippen LogP contribution in [0.1, 0.15) is 27.5 Å². The van der Waals surface area contributed by atoms with Gasteiger partial charge in [-0.05, 0) is 31.2 Å². The average molecular weight is 282 g/mol. The molecule has 2 aromatic rings. The van der Waals surface area contributed by atoms with Crippen molar-refractivity contribution < 1.29 is 14.7 Å². The first-order valence-electron chi connectivity index (χ1n) is 6.56. The number of hydrogen-bond acceptors (Lipinski definition) is 3. The molecule has 1 aliphatic rings. The summed E-state index contributed by atoms with van der Waals surface area (Å²) in [5.74, 6) is -1.14. The molecule has 0 spiro atoms. The van der Waals surface area contributed by atoms with Crippen molar-refractivity contribution in [2.75, 3.05) is 10.6 Å². The van der Waals surface area contributed by atoms with Crippen molar-refractivity contribution in [1.29, 1.82) is 0 Å². The molecule has 2 aromatic carbocycles. The maximum absolute atomic E-state index is 12.1. The Kier molecular flexibility index (Phi) is 3.10. The van der Waals surface area contributed by atoms with Gasteiger partial charge in [-0.25, -0.2) is 4.79 Å². The lowest BCUT2D eigenvalue weighted by molar-refractivity contribution is -0.116. The molecule has 0 fully saturated rings. The normalized spacial score (nSPS) is 16.2. The topological polar surface area (TPSA) is 78.4 Å². The van der Waals surface area contributed by atoms with Crippen molar-refractivity contribution >= 4 is 23.3 Å². The van der Waals surface area contributed by atoms with Crippen LogP contribution in [0.15, 0.2) is 42.5 Å².